The molecule has 0 amide bonds. The monoisotopic (exact) mass is 724 g/mol. The number of para-hydroxylation sites is 4. The highest BCUT2D eigenvalue weighted by Crippen LogP contribution is 2.44. The first-order chi connectivity index (χ1) is 28.2. The summed E-state index contributed by atoms with van der Waals surface area (Å²) in [5, 5.41) is 37.2. The number of nitriles is 3. The quantitative estimate of drug-likeness (QED) is 0.181. The van der Waals surface area contributed by atoms with Gasteiger partial charge in [-0.05, 0) is 78.9 Å². The van der Waals surface area contributed by atoms with Crippen molar-refractivity contribution in [3.8, 4) is 46.4 Å². The second-order valence-electron chi connectivity index (χ2n) is 14.3. The summed E-state index contributed by atoms with van der Waals surface area (Å²) >= 11 is 0. The van der Waals surface area contributed by atoms with E-state index in [4.69, 9.17) is 0 Å². The minimum absolute atomic E-state index is 0.517. The van der Waals surface area contributed by atoms with Crippen LogP contribution in [0.5, 0.6) is 0 Å². The van der Waals surface area contributed by atoms with Crippen LogP contribution in [-0.4, -0.2) is 13.7 Å². The standard InChI is InChI=1S/C51H28N6/c52-29-32-22-25-46-41(26-32)51-47(55-42-14-5-1-10-35(42)36-11-2-6-15-43(36)55)18-9-19-48(51)57(46)50-28-34(31-54)21-24-40(50)39-23-20-33(30-53)27-49(39)56-44-16-7-3-12-37(44)38-13-4-8-17-45(38)56/h1-28H. The van der Waals surface area contributed by atoms with Crippen molar-refractivity contribution in [3.63, 3.8) is 0 Å². The van der Waals surface area contributed by atoms with Gasteiger partial charge in [-0.2, -0.15) is 15.8 Å². The highest BCUT2D eigenvalue weighted by Gasteiger charge is 2.24. The molecule has 8 aromatic carbocycles. The smallest absolute Gasteiger partial charge is 0.0992 e. The summed E-state index contributed by atoms with van der Waals surface area (Å²) < 4.78 is 6.80. The van der Waals surface area contributed by atoms with Crippen LogP contribution in [-0.2, 0) is 0 Å². The normalized spacial score (nSPS) is 11.5. The fourth-order valence-corrected chi connectivity index (χ4v) is 8.96. The molecule has 6 heteroatoms. The van der Waals surface area contributed by atoms with Gasteiger partial charge in [-0.3, -0.25) is 0 Å². The summed E-state index contributed by atoms with van der Waals surface area (Å²) in [5.41, 5.74) is 12.1. The van der Waals surface area contributed by atoms with E-state index in [0.29, 0.717) is 16.7 Å². The molecule has 57 heavy (non-hydrogen) atoms. The van der Waals surface area contributed by atoms with Gasteiger partial charge < -0.3 is 13.7 Å². The molecule has 0 aliphatic carbocycles. The summed E-state index contributed by atoms with van der Waals surface area (Å²) in [6.45, 7) is 0. The molecule has 6 nitrogen and oxygen atoms in total. The van der Waals surface area contributed by atoms with Crippen molar-refractivity contribution in [2.45, 2.75) is 0 Å². The summed E-state index contributed by atoms with van der Waals surface area (Å²) in [5.74, 6) is 0. The molecule has 0 saturated carbocycles. The molecular formula is C51H28N6. The zero-order valence-electron chi connectivity index (χ0n) is 30.3. The van der Waals surface area contributed by atoms with Gasteiger partial charge in [0.1, 0.15) is 0 Å². The molecule has 0 unspecified atom stereocenters. The van der Waals surface area contributed by atoms with Crippen LogP contribution in [0.1, 0.15) is 16.7 Å². The maximum Gasteiger partial charge on any atom is 0.0992 e. The van der Waals surface area contributed by atoms with Gasteiger partial charge >= 0.3 is 0 Å². The average molecular weight is 725 g/mol. The van der Waals surface area contributed by atoms with Gasteiger partial charge in [-0.1, -0.05) is 91.0 Å². The minimum atomic E-state index is 0.517. The van der Waals surface area contributed by atoms with Crippen LogP contribution < -0.4 is 0 Å². The molecular weight excluding hydrogens is 697 g/mol. The van der Waals surface area contributed by atoms with Crippen LogP contribution in [0.4, 0.5) is 0 Å². The predicted octanol–water partition coefficient (Wildman–Crippen LogP) is 12.3. The van der Waals surface area contributed by atoms with Gasteiger partial charge in [0.05, 0.1) is 85.1 Å². The minimum Gasteiger partial charge on any atom is -0.309 e. The fourth-order valence-electron chi connectivity index (χ4n) is 8.96. The molecule has 0 radical (unpaired) electrons. The summed E-state index contributed by atoms with van der Waals surface area (Å²) in [4.78, 5) is 0. The van der Waals surface area contributed by atoms with E-state index in [0.717, 1.165) is 93.6 Å². The molecule has 0 aliphatic rings. The van der Waals surface area contributed by atoms with Crippen molar-refractivity contribution >= 4 is 65.4 Å². The zero-order valence-corrected chi connectivity index (χ0v) is 30.3. The zero-order chi connectivity index (χ0) is 38.2. The maximum absolute atomic E-state index is 10.4. The van der Waals surface area contributed by atoms with Crippen molar-refractivity contribution in [2.24, 2.45) is 0 Å². The third kappa shape index (κ3) is 4.61. The van der Waals surface area contributed by atoms with Crippen molar-refractivity contribution in [3.05, 3.63) is 187 Å². The lowest BCUT2D eigenvalue weighted by atomic mass is 9.97. The van der Waals surface area contributed by atoms with Gasteiger partial charge in [-0.15, -0.1) is 0 Å². The lowest BCUT2D eigenvalue weighted by Gasteiger charge is -2.19. The van der Waals surface area contributed by atoms with E-state index < -0.39 is 0 Å². The Hall–Kier alpha value is -8.37. The van der Waals surface area contributed by atoms with E-state index in [1.807, 2.05) is 66.7 Å². The molecule has 11 aromatic rings. The third-order valence-corrected chi connectivity index (χ3v) is 11.3. The Balaban J connectivity index is 1.27. The molecule has 0 atom stereocenters. The molecule has 0 spiro atoms. The Labute approximate surface area is 326 Å². The Bertz CT molecular complexity index is 3520. The molecule has 0 aliphatic heterocycles. The van der Waals surface area contributed by atoms with Crippen LogP contribution in [0.3, 0.4) is 0 Å². The predicted molar refractivity (Wildman–Crippen MR) is 229 cm³/mol. The highest BCUT2D eigenvalue weighted by atomic mass is 15.0. The van der Waals surface area contributed by atoms with E-state index in [-0.39, 0.29) is 0 Å². The van der Waals surface area contributed by atoms with Gasteiger partial charge in [0.2, 0.25) is 0 Å². The Morgan fingerprint density at radius 3 is 1.14 bits per heavy atom. The van der Waals surface area contributed by atoms with Gasteiger partial charge in [-0.25, -0.2) is 0 Å². The van der Waals surface area contributed by atoms with Crippen LogP contribution >= 0.6 is 0 Å². The number of rotatable bonds is 4. The summed E-state index contributed by atoms with van der Waals surface area (Å²) in [7, 11) is 0. The fraction of sp³-hybridized carbons (Fsp3) is 0. The second kappa shape index (κ2) is 12.3. The molecule has 262 valence electrons. The lowest BCUT2D eigenvalue weighted by molar-refractivity contribution is 1.15. The molecule has 3 aromatic heterocycles. The van der Waals surface area contributed by atoms with Crippen LogP contribution in [0.2, 0.25) is 0 Å². The molecule has 3 heterocycles. The molecule has 0 bridgehead atoms. The first kappa shape index (κ1) is 32.1. The van der Waals surface area contributed by atoms with Crippen molar-refractivity contribution < 1.29 is 0 Å². The van der Waals surface area contributed by atoms with Crippen molar-refractivity contribution in [2.75, 3.05) is 0 Å². The molecule has 11 rings (SSSR count). The number of fused-ring (bicyclic) bond motifs is 9. The number of aromatic nitrogens is 3. The highest BCUT2D eigenvalue weighted by molar-refractivity contribution is 6.17. The largest absolute Gasteiger partial charge is 0.309 e. The van der Waals surface area contributed by atoms with E-state index in [1.165, 1.54) is 0 Å². The van der Waals surface area contributed by atoms with Crippen LogP contribution in [0.15, 0.2) is 170 Å². The lowest BCUT2D eigenvalue weighted by Crippen LogP contribution is -2.03. The third-order valence-electron chi connectivity index (χ3n) is 11.3. The molecule has 0 N–H and O–H groups in total. The van der Waals surface area contributed by atoms with Gasteiger partial charge in [0.15, 0.2) is 0 Å². The Morgan fingerprint density at radius 1 is 0.298 bits per heavy atom. The Kier molecular flexibility index (Phi) is 6.95. The van der Waals surface area contributed by atoms with E-state index >= 15 is 0 Å². The van der Waals surface area contributed by atoms with E-state index in [1.54, 1.807) is 0 Å². The van der Waals surface area contributed by atoms with E-state index in [2.05, 4.69) is 135 Å². The van der Waals surface area contributed by atoms with Gasteiger partial charge in [0, 0.05) is 43.4 Å². The first-order valence-electron chi connectivity index (χ1n) is 18.7. The van der Waals surface area contributed by atoms with Crippen molar-refractivity contribution in [1.29, 1.82) is 15.8 Å². The number of nitrogens with zero attached hydrogens (tertiary/aromatic N) is 6. The van der Waals surface area contributed by atoms with Gasteiger partial charge in [0.25, 0.3) is 0 Å². The Morgan fingerprint density at radius 2 is 0.667 bits per heavy atom. The maximum atomic E-state index is 10.4. The molecule has 0 saturated heterocycles. The topological polar surface area (TPSA) is 86.2 Å². The molecule has 0 fully saturated rings. The van der Waals surface area contributed by atoms with Crippen LogP contribution in [0, 0.1) is 34.0 Å². The number of hydrogen-bond donors (Lipinski definition) is 0. The summed E-state index contributed by atoms with van der Waals surface area (Å²) in [6.07, 6.45) is 0. The SMILES string of the molecule is N#Cc1ccc(-c2ccc(C#N)cc2-n2c3ccc(C#N)cc3c3c(-n4c5ccccc5c5ccccc54)cccc32)c(-n2c3ccccc3c3ccccc32)c1. The number of hydrogen-bond acceptors (Lipinski definition) is 3. The average Bonchev–Trinajstić information content (AvgIpc) is 3.91. The van der Waals surface area contributed by atoms with Crippen molar-refractivity contribution in [1.82, 2.24) is 13.7 Å². The van der Waals surface area contributed by atoms with Crippen LogP contribution in [0.25, 0.3) is 93.6 Å². The second-order valence-corrected chi connectivity index (χ2v) is 14.3. The summed E-state index contributed by atoms with van der Waals surface area (Å²) in [6, 6.07) is 64.7. The number of benzene rings is 8. The van der Waals surface area contributed by atoms with E-state index in [9.17, 15) is 15.8 Å². The first-order valence-corrected chi connectivity index (χ1v) is 18.7.